The maximum atomic E-state index is 11.2. The van der Waals surface area contributed by atoms with Crippen molar-refractivity contribution in [3.8, 4) is 11.8 Å². The first-order valence-corrected chi connectivity index (χ1v) is 4.81. The van der Waals surface area contributed by atoms with E-state index >= 15 is 0 Å². The third kappa shape index (κ3) is 3.02. The van der Waals surface area contributed by atoms with Crippen molar-refractivity contribution in [2.24, 2.45) is 0 Å². The molecule has 70 valence electrons. The van der Waals surface area contributed by atoms with E-state index in [-0.39, 0.29) is 13.2 Å². The second kappa shape index (κ2) is 4.80. The van der Waals surface area contributed by atoms with Gasteiger partial charge in [-0.25, -0.2) is 4.79 Å². The summed E-state index contributed by atoms with van der Waals surface area (Å²) in [5.74, 6) is 4.37. The summed E-state index contributed by atoms with van der Waals surface area (Å²) < 4.78 is 24.9. The van der Waals surface area contributed by atoms with Gasteiger partial charge in [-0.2, -0.15) is 0 Å². The summed E-state index contributed by atoms with van der Waals surface area (Å²) in [4.78, 5) is 10.4. The highest BCUT2D eigenvalue weighted by Crippen LogP contribution is 2.33. The molecule has 1 aliphatic rings. The van der Waals surface area contributed by atoms with Gasteiger partial charge in [0, 0.05) is 0 Å². The van der Waals surface area contributed by atoms with Crippen LogP contribution in [0, 0.1) is 11.8 Å². The lowest BCUT2D eigenvalue weighted by atomic mass is 10.6. The van der Waals surface area contributed by atoms with Crippen molar-refractivity contribution >= 4 is 14.2 Å². The van der Waals surface area contributed by atoms with E-state index in [1.807, 2.05) is 0 Å². The molecule has 0 aliphatic carbocycles. The van der Waals surface area contributed by atoms with Crippen LogP contribution in [0.15, 0.2) is 0 Å². The van der Waals surface area contributed by atoms with Crippen LogP contribution in [-0.2, 0) is 18.6 Å². The molecule has 0 radical (unpaired) electrons. The van der Waals surface area contributed by atoms with Crippen molar-refractivity contribution in [1.82, 2.24) is 0 Å². The number of ether oxygens (including phenoxy) is 2. The van der Waals surface area contributed by atoms with Crippen molar-refractivity contribution in [3.05, 3.63) is 0 Å². The van der Waals surface area contributed by atoms with Crippen LogP contribution >= 0.6 is 8.03 Å². The Balaban J connectivity index is 2.30. The minimum absolute atomic E-state index is 0.0202. The fourth-order valence-electron chi connectivity index (χ4n) is 0.674. The maximum absolute atomic E-state index is 11.2. The number of hydrogen-bond acceptors (Lipinski definition) is 5. The van der Waals surface area contributed by atoms with Crippen molar-refractivity contribution in [1.29, 1.82) is 0 Å². The van der Waals surface area contributed by atoms with E-state index in [0.717, 1.165) is 0 Å². The lowest BCUT2D eigenvalue weighted by molar-refractivity contribution is 0.126. The predicted molar refractivity (Wildman–Crippen MR) is 43.2 cm³/mol. The Morgan fingerprint density at radius 3 is 3.08 bits per heavy atom. The lowest BCUT2D eigenvalue weighted by Gasteiger charge is -1.89. The summed E-state index contributed by atoms with van der Waals surface area (Å²) >= 11 is 0. The first kappa shape index (κ1) is 9.97. The standard InChI is InChI=1S/C7H8O5P/c1-2-3-4-11-13(9)6-5-10-7(8)12-6/h6H,4-5H2,1H3/q+1. The van der Waals surface area contributed by atoms with Crippen LogP contribution in [0.25, 0.3) is 0 Å². The smallest absolute Gasteiger partial charge is 0.425 e. The summed E-state index contributed by atoms with van der Waals surface area (Å²) in [6.45, 7) is 1.70. The molecule has 1 heterocycles. The molecule has 13 heavy (non-hydrogen) atoms. The van der Waals surface area contributed by atoms with Gasteiger partial charge in [-0.1, -0.05) is 5.92 Å². The normalized spacial score (nSPS) is 21.2. The molecule has 0 N–H and O–H groups in total. The van der Waals surface area contributed by atoms with Gasteiger partial charge in [0.15, 0.2) is 13.2 Å². The number of carbonyl (C=O) groups is 1. The van der Waals surface area contributed by atoms with Crippen molar-refractivity contribution in [2.75, 3.05) is 13.2 Å². The monoisotopic (exact) mass is 203 g/mol. The molecule has 1 rings (SSSR count). The van der Waals surface area contributed by atoms with Crippen LogP contribution in [0.4, 0.5) is 4.79 Å². The summed E-state index contributed by atoms with van der Waals surface area (Å²) in [5.41, 5.74) is 0. The van der Waals surface area contributed by atoms with E-state index in [1.54, 1.807) is 6.92 Å². The topological polar surface area (TPSA) is 61.8 Å². The minimum atomic E-state index is -2.04. The predicted octanol–water partition coefficient (Wildman–Crippen LogP) is 1.26. The van der Waals surface area contributed by atoms with E-state index in [2.05, 4.69) is 21.3 Å². The fourth-order valence-corrected chi connectivity index (χ4v) is 1.40. The molecule has 0 aromatic rings. The summed E-state index contributed by atoms with van der Waals surface area (Å²) in [6.07, 6.45) is -0.807. The molecule has 2 unspecified atom stereocenters. The number of rotatable bonds is 3. The average Bonchev–Trinajstić information content (AvgIpc) is 2.52. The van der Waals surface area contributed by atoms with Gasteiger partial charge in [-0.05, 0) is 11.5 Å². The largest absolute Gasteiger partial charge is 0.558 e. The zero-order valence-electron chi connectivity index (χ0n) is 6.98. The quantitative estimate of drug-likeness (QED) is 0.392. The molecule has 0 spiro atoms. The zero-order valence-corrected chi connectivity index (χ0v) is 7.87. The molecule has 0 bridgehead atoms. The van der Waals surface area contributed by atoms with Gasteiger partial charge >= 0.3 is 20.0 Å². The van der Waals surface area contributed by atoms with Crippen molar-refractivity contribution < 1.29 is 23.4 Å². The third-order valence-corrected chi connectivity index (χ3v) is 2.36. The number of carbonyl (C=O) groups excluding carboxylic acids is 1. The Hall–Kier alpha value is -1.11. The van der Waals surface area contributed by atoms with Gasteiger partial charge in [-0.3, -0.25) is 0 Å². The van der Waals surface area contributed by atoms with Gasteiger partial charge < -0.3 is 9.47 Å². The Kier molecular flexibility index (Phi) is 3.69. The Morgan fingerprint density at radius 1 is 1.77 bits per heavy atom. The molecule has 0 amide bonds. The van der Waals surface area contributed by atoms with Gasteiger partial charge in [0.25, 0.3) is 0 Å². The lowest BCUT2D eigenvalue weighted by Crippen LogP contribution is -2.05. The molecule has 1 fully saturated rings. The number of hydrogen-bond donors (Lipinski definition) is 0. The van der Waals surface area contributed by atoms with E-state index < -0.39 is 20.0 Å². The second-order valence-electron chi connectivity index (χ2n) is 2.12. The van der Waals surface area contributed by atoms with E-state index in [0.29, 0.717) is 0 Å². The van der Waals surface area contributed by atoms with Crippen molar-refractivity contribution in [3.63, 3.8) is 0 Å². The van der Waals surface area contributed by atoms with E-state index in [1.165, 1.54) is 0 Å². The Morgan fingerprint density at radius 2 is 2.54 bits per heavy atom. The highest BCUT2D eigenvalue weighted by atomic mass is 31.1. The number of cyclic esters (lactones) is 2. The molecule has 1 aliphatic heterocycles. The molecule has 5 nitrogen and oxygen atoms in total. The molecule has 6 heteroatoms. The molecule has 2 atom stereocenters. The van der Waals surface area contributed by atoms with Crippen molar-refractivity contribution in [2.45, 2.75) is 12.8 Å². The summed E-state index contributed by atoms with van der Waals surface area (Å²) in [5, 5.41) is 0. The van der Waals surface area contributed by atoms with Crippen LogP contribution < -0.4 is 0 Å². The molecular weight excluding hydrogens is 195 g/mol. The fraction of sp³-hybridized carbons (Fsp3) is 0.571. The maximum Gasteiger partial charge on any atom is 0.558 e. The van der Waals surface area contributed by atoms with Gasteiger partial charge in [0.1, 0.15) is 0 Å². The van der Waals surface area contributed by atoms with Crippen LogP contribution in [0.5, 0.6) is 0 Å². The summed E-state index contributed by atoms with van der Waals surface area (Å²) in [6, 6.07) is 0. The van der Waals surface area contributed by atoms with E-state index in [4.69, 9.17) is 4.52 Å². The van der Waals surface area contributed by atoms with Crippen LogP contribution in [0.3, 0.4) is 0 Å². The summed E-state index contributed by atoms with van der Waals surface area (Å²) in [7, 11) is -2.04. The highest BCUT2D eigenvalue weighted by Gasteiger charge is 2.43. The SMILES string of the molecule is CC#CCO[P+](=O)C1COC(=O)O1. The Bertz CT molecular complexity index is 276. The third-order valence-electron chi connectivity index (χ3n) is 1.25. The molecular formula is C7H8O5P+. The molecule has 0 aromatic carbocycles. The minimum Gasteiger partial charge on any atom is -0.425 e. The highest BCUT2D eigenvalue weighted by molar-refractivity contribution is 7.39. The van der Waals surface area contributed by atoms with E-state index in [9.17, 15) is 9.36 Å². The van der Waals surface area contributed by atoms with Crippen LogP contribution in [0.2, 0.25) is 0 Å². The first-order valence-electron chi connectivity index (χ1n) is 3.56. The first-order chi connectivity index (χ1) is 6.24. The molecule has 0 saturated carbocycles. The van der Waals surface area contributed by atoms with Crippen LogP contribution in [0.1, 0.15) is 6.92 Å². The Labute approximate surface area is 76.2 Å². The second-order valence-corrected chi connectivity index (χ2v) is 3.52. The molecule has 0 aromatic heterocycles. The van der Waals surface area contributed by atoms with Gasteiger partial charge in [-0.15, -0.1) is 10.4 Å². The average molecular weight is 203 g/mol. The van der Waals surface area contributed by atoms with Gasteiger partial charge in [0.2, 0.25) is 0 Å². The molecule has 1 saturated heterocycles. The van der Waals surface area contributed by atoms with Crippen LogP contribution in [-0.4, -0.2) is 25.2 Å². The zero-order chi connectivity index (χ0) is 9.68. The van der Waals surface area contributed by atoms with Gasteiger partial charge in [0.05, 0.1) is 0 Å².